The van der Waals surface area contributed by atoms with E-state index < -0.39 is 0 Å². The summed E-state index contributed by atoms with van der Waals surface area (Å²) in [6.45, 7) is 9.36. The van der Waals surface area contributed by atoms with Crippen molar-refractivity contribution >= 4 is 27.5 Å². The number of carbonyl (C=O) groups is 1. The molecule has 1 N–H and O–H groups in total. The van der Waals surface area contributed by atoms with Gasteiger partial charge in [-0.1, -0.05) is 23.8 Å². The van der Waals surface area contributed by atoms with Crippen LogP contribution in [0.5, 0.6) is 0 Å². The Labute approximate surface area is 167 Å². The lowest BCUT2D eigenvalue weighted by atomic mass is 9.99. The molecular formula is C21H24N4O2S. The van der Waals surface area contributed by atoms with Crippen molar-refractivity contribution in [2.24, 2.45) is 0 Å². The molecule has 0 saturated carbocycles. The van der Waals surface area contributed by atoms with Gasteiger partial charge in [0, 0.05) is 44.0 Å². The summed E-state index contributed by atoms with van der Waals surface area (Å²) >= 11 is 1.51. The van der Waals surface area contributed by atoms with Gasteiger partial charge in [-0.25, -0.2) is 4.98 Å². The fourth-order valence-electron chi connectivity index (χ4n) is 3.82. The Bertz CT molecular complexity index is 1090. The average molecular weight is 397 g/mol. The lowest BCUT2D eigenvalue weighted by Gasteiger charge is -2.33. The zero-order valence-corrected chi connectivity index (χ0v) is 17.2. The van der Waals surface area contributed by atoms with Crippen molar-refractivity contribution in [3.8, 4) is 11.1 Å². The van der Waals surface area contributed by atoms with Crippen LogP contribution in [0.4, 0.5) is 0 Å². The van der Waals surface area contributed by atoms with Crippen LogP contribution in [0.25, 0.3) is 21.3 Å². The molecule has 6 nitrogen and oxygen atoms in total. The molecule has 1 aliphatic heterocycles. The van der Waals surface area contributed by atoms with E-state index in [-0.39, 0.29) is 11.5 Å². The van der Waals surface area contributed by atoms with E-state index in [0.29, 0.717) is 17.8 Å². The van der Waals surface area contributed by atoms with Gasteiger partial charge >= 0.3 is 0 Å². The third kappa shape index (κ3) is 3.59. The maximum absolute atomic E-state index is 12.9. The van der Waals surface area contributed by atoms with Crippen LogP contribution in [0.15, 0.2) is 28.4 Å². The summed E-state index contributed by atoms with van der Waals surface area (Å²) in [6.07, 6.45) is 0. The number of fused-ring (bicyclic) bond motifs is 1. The molecule has 4 rings (SSSR count). The topological polar surface area (TPSA) is 69.3 Å². The van der Waals surface area contributed by atoms with Crippen molar-refractivity contribution in [3.63, 3.8) is 0 Å². The zero-order chi connectivity index (χ0) is 19.8. The molecule has 3 heterocycles. The van der Waals surface area contributed by atoms with Gasteiger partial charge in [-0.15, -0.1) is 11.3 Å². The number of nitrogens with zero attached hydrogens (tertiary/aromatic N) is 3. The number of rotatable bonds is 3. The smallest absolute Gasteiger partial charge is 0.260 e. The highest BCUT2D eigenvalue weighted by atomic mass is 32.1. The standard InChI is InChI=1S/C21H24N4O2S/c1-13-4-5-16(14(2)10-13)17-12-28-21-19(17)20(27)22-18(23-21)11-24-6-8-25(9-7-24)15(3)26/h4-5,10,12H,6-9,11H2,1-3H3,(H,22,23,27). The minimum Gasteiger partial charge on any atom is -0.340 e. The van der Waals surface area contributed by atoms with Crippen LogP contribution in [0, 0.1) is 13.8 Å². The van der Waals surface area contributed by atoms with Gasteiger partial charge in [0.2, 0.25) is 5.91 Å². The molecule has 1 saturated heterocycles. The summed E-state index contributed by atoms with van der Waals surface area (Å²) in [5.74, 6) is 0.799. The van der Waals surface area contributed by atoms with Crippen molar-refractivity contribution < 1.29 is 4.79 Å². The lowest BCUT2D eigenvalue weighted by molar-refractivity contribution is -0.130. The number of nitrogens with one attached hydrogen (secondary N) is 1. The summed E-state index contributed by atoms with van der Waals surface area (Å²) in [7, 11) is 0. The van der Waals surface area contributed by atoms with Gasteiger partial charge in [-0.05, 0) is 25.0 Å². The summed E-state index contributed by atoms with van der Waals surface area (Å²) in [6, 6.07) is 6.28. The average Bonchev–Trinajstić information content (AvgIpc) is 3.06. The Morgan fingerprint density at radius 3 is 2.61 bits per heavy atom. The van der Waals surface area contributed by atoms with Gasteiger partial charge in [-0.2, -0.15) is 0 Å². The number of amides is 1. The molecule has 0 spiro atoms. The highest BCUT2D eigenvalue weighted by Crippen LogP contribution is 2.33. The highest BCUT2D eigenvalue weighted by molar-refractivity contribution is 7.17. The number of aryl methyl sites for hydroxylation is 2. The quantitative estimate of drug-likeness (QED) is 0.739. The van der Waals surface area contributed by atoms with Crippen LogP contribution in [0.2, 0.25) is 0 Å². The molecule has 1 aromatic carbocycles. The largest absolute Gasteiger partial charge is 0.340 e. The molecule has 1 amide bonds. The number of carbonyl (C=O) groups excluding carboxylic acids is 1. The number of hydrogen-bond donors (Lipinski definition) is 1. The lowest BCUT2D eigenvalue weighted by Crippen LogP contribution is -2.47. The number of aromatic amines is 1. The minimum atomic E-state index is -0.0846. The molecular weight excluding hydrogens is 372 g/mol. The van der Waals surface area contributed by atoms with Gasteiger partial charge in [0.15, 0.2) is 0 Å². The Balaban J connectivity index is 1.60. The SMILES string of the molecule is CC(=O)N1CCN(Cc2nc3scc(-c4ccc(C)cc4C)c3c(=O)[nH]2)CC1. The molecule has 7 heteroatoms. The van der Waals surface area contributed by atoms with E-state index in [1.165, 1.54) is 16.9 Å². The maximum Gasteiger partial charge on any atom is 0.260 e. The molecule has 146 valence electrons. The van der Waals surface area contributed by atoms with Gasteiger partial charge in [-0.3, -0.25) is 14.5 Å². The Kier molecular flexibility index (Phi) is 5.03. The summed E-state index contributed by atoms with van der Waals surface area (Å²) in [5, 5.41) is 2.70. The van der Waals surface area contributed by atoms with Crippen LogP contribution < -0.4 is 5.56 Å². The zero-order valence-electron chi connectivity index (χ0n) is 16.4. The van der Waals surface area contributed by atoms with E-state index in [4.69, 9.17) is 4.98 Å². The molecule has 0 bridgehead atoms. The van der Waals surface area contributed by atoms with Crippen LogP contribution in [-0.4, -0.2) is 51.9 Å². The van der Waals surface area contributed by atoms with E-state index in [0.717, 1.165) is 47.7 Å². The normalized spacial score (nSPS) is 15.3. The Morgan fingerprint density at radius 1 is 1.18 bits per heavy atom. The fourth-order valence-corrected chi connectivity index (χ4v) is 4.77. The molecule has 0 unspecified atom stereocenters. The third-order valence-electron chi connectivity index (χ3n) is 5.36. The van der Waals surface area contributed by atoms with Crippen molar-refractivity contribution in [3.05, 3.63) is 50.9 Å². The first-order valence-corrected chi connectivity index (χ1v) is 10.4. The van der Waals surface area contributed by atoms with Gasteiger partial charge < -0.3 is 9.88 Å². The first-order chi connectivity index (χ1) is 13.4. The van der Waals surface area contributed by atoms with Gasteiger partial charge in [0.05, 0.1) is 11.9 Å². The first-order valence-electron chi connectivity index (χ1n) is 9.48. The molecule has 0 aliphatic carbocycles. The Morgan fingerprint density at radius 2 is 1.93 bits per heavy atom. The molecule has 1 aliphatic rings. The van der Waals surface area contributed by atoms with E-state index in [1.54, 1.807) is 6.92 Å². The second-order valence-corrected chi connectivity index (χ2v) is 8.30. The number of H-pyrrole nitrogens is 1. The van der Waals surface area contributed by atoms with E-state index in [1.807, 2.05) is 10.3 Å². The minimum absolute atomic E-state index is 0.0846. The molecule has 0 radical (unpaired) electrons. The highest BCUT2D eigenvalue weighted by Gasteiger charge is 2.20. The van der Waals surface area contributed by atoms with Crippen LogP contribution in [-0.2, 0) is 11.3 Å². The number of benzene rings is 1. The predicted octanol–water partition coefficient (Wildman–Crippen LogP) is 2.93. The first kappa shape index (κ1) is 18.8. The van der Waals surface area contributed by atoms with Crippen LogP contribution >= 0.6 is 11.3 Å². The second kappa shape index (κ2) is 7.48. The molecule has 28 heavy (non-hydrogen) atoms. The summed E-state index contributed by atoms with van der Waals surface area (Å²) < 4.78 is 0. The number of hydrogen-bond acceptors (Lipinski definition) is 5. The summed E-state index contributed by atoms with van der Waals surface area (Å²) in [5.41, 5.74) is 4.32. The van der Waals surface area contributed by atoms with Crippen molar-refractivity contribution in [2.75, 3.05) is 26.2 Å². The van der Waals surface area contributed by atoms with Gasteiger partial charge in [0.1, 0.15) is 10.7 Å². The molecule has 3 aromatic rings. The fraction of sp³-hybridized carbons (Fsp3) is 0.381. The third-order valence-corrected chi connectivity index (χ3v) is 6.23. The van der Waals surface area contributed by atoms with Crippen LogP contribution in [0.3, 0.4) is 0 Å². The van der Waals surface area contributed by atoms with Gasteiger partial charge in [0.25, 0.3) is 5.56 Å². The van der Waals surface area contributed by atoms with Crippen molar-refractivity contribution in [1.82, 2.24) is 19.8 Å². The molecule has 0 atom stereocenters. The monoisotopic (exact) mass is 396 g/mol. The van der Waals surface area contributed by atoms with Crippen molar-refractivity contribution in [1.29, 1.82) is 0 Å². The van der Waals surface area contributed by atoms with Crippen molar-refractivity contribution in [2.45, 2.75) is 27.3 Å². The van der Waals surface area contributed by atoms with Crippen LogP contribution in [0.1, 0.15) is 23.9 Å². The Hall–Kier alpha value is -2.51. The number of piperazine rings is 1. The molecule has 1 fully saturated rings. The van der Waals surface area contributed by atoms with E-state index in [9.17, 15) is 9.59 Å². The number of thiophene rings is 1. The second-order valence-electron chi connectivity index (χ2n) is 7.44. The number of aromatic nitrogens is 2. The summed E-state index contributed by atoms with van der Waals surface area (Å²) in [4.78, 5) is 36.9. The maximum atomic E-state index is 12.9. The molecule has 2 aromatic heterocycles. The predicted molar refractivity (Wildman–Crippen MR) is 113 cm³/mol. The van der Waals surface area contributed by atoms with E-state index >= 15 is 0 Å². The van der Waals surface area contributed by atoms with E-state index in [2.05, 4.69) is 41.9 Å².